The number of carbonyl (C=O) groups excluding carboxylic acids is 1. The predicted octanol–water partition coefficient (Wildman–Crippen LogP) is -0.666. The molecule has 88 valence electrons. The van der Waals surface area contributed by atoms with Crippen LogP contribution in [0.5, 0.6) is 0 Å². The minimum Gasteiger partial charge on any atom is -0.349 e. The molecule has 0 spiro atoms. The van der Waals surface area contributed by atoms with E-state index in [4.69, 9.17) is 4.84 Å². The van der Waals surface area contributed by atoms with E-state index in [2.05, 4.69) is 5.32 Å². The number of nitrogens with zero attached hydrogens (tertiary/aromatic N) is 1. The van der Waals surface area contributed by atoms with Gasteiger partial charge in [0, 0.05) is 5.92 Å². The largest absolute Gasteiger partial charge is 0.349 e. The van der Waals surface area contributed by atoms with E-state index in [1.165, 1.54) is 0 Å². The zero-order valence-corrected chi connectivity index (χ0v) is 9.87. The highest BCUT2D eigenvalue weighted by Gasteiger charge is 2.31. The van der Waals surface area contributed by atoms with Gasteiger partial charge in [-0.25, -0.2) is 8.42 Å². The lowest BCUT2D eigenvalue weighted by Crippen LogP contribution is -2.41. The lowest BCUT2D eigenvalue weighted by molar-refractivity contribution is -0.124. The summed E-state index contributed by atoms with van der Waals surface area (Å²) in [5, 5.41) is 2.71. The highest BCUT2D eigenvalue weighted by molar-refractivity contribution is 7.88. The molecule has 0 saturated carbocycles. The van der Waals surface area contributed by atoms with Crippen LogP contribution in [0.15, 0.2) is 0 Å². The Balaban J connectivity index is 2.48. The molecule has 1 rings (SSSR count). The standard InChI is InChI=1S/C8H16N2O4S/c1-6(2)8(11)9-7-4-10(14-5-7)15(3,12)13/h6-7H,4-5H2,1-3H3,(H,9,11)/t7-/m0/s1. The van der Waals surface area contributed by atoms with Crippen LogP contribution >= 0.6 is 0 Å². The fourth-order valence-electron chi connectivity index (χ4n) is 1.14. The molecule has 0 bridgehead atoms. The van der Waals surface area contributed by atoms with Crippen LogP contribution in [-0.2, 0) is 19.7 Å². The van der Waals surface area contributed by atoms with Gasteiger partial charge in [0.15, 0.2) is 0 Å². The molecule has 1 aliphatic heterocycles. The minimum atomic E-state index is -3.33. The Labute approximate surface area is 89.6 Å². The second kappa shape index (κ2) is 4.46. The summed E-state index contributed by atoms with van der Waals surface area (Å²) < 4.78 is 23.1. The summed E-state index contributed by atoms with van der Waals surface area (Å²) in [6.07, 6.45) is 1.07. The first kappa shape index (κ1) is 12.4. The lowest BCUT2D eigenvalue weighted by atomic mass is 10.2. The van der Waals surface area contributed by atoms with Crippen molar-refractivity contribution in [1.29, 1.82) is 0 Å². The molecule has 0 aromatic heterocycles. The van der Waals surface area contributed by atoms with Crippen LogP contribution in [0.3, 0.4) is 0 Å². The molecule has 1 heterocycles. The van der Waals surface area contributed by atoms with Crippen molar-refractivity contribution >= 4 is 15.9 Å². The average Bonchev–Trinajstić information content (AvgIpc) is 2.51. The van der Waals surface area contributed by atoms with E-state index in [1.807, 2.05) is 0 Å². The van der Waals surface area contributed by atoms with Crippen molar-refractivity contribution in [2.45, 2.75) is 19.9 Å². The van der Waals surface area contributed by atoms with Crippen LogP contribution < -0.4 is 5.32 Å². The minimum absolute atomic E-state index is 0.0982. The van der Waals surface area contributed by atoms with Crippen LogP contribution in [0.2, 0.25) is 0 Å². The Morgan fingerprint density at radius 3 is 2.53 bits per heavy atom. The number of nitrogens with one attached hydrogen (secondary N) is 1. The molecule has 0 unspecified atom stereocenters. The zero-order valence-electron chi connectivity index (χ0n) is 9.06. The van der Waals surface area contributed by atoms with Gasteiger partial charge in [-0.05, 0) is 0 Å². The highest BCUT2D eigenvalue weighted by Crippen LogP contribution is 2.10. The Kier molecular flexibility index (Phi) is 3.69. The van der Waals surface area contributed by atoms with Crippen molar-refractivity contribution in [2.24, 2.45) is 5.92 Å². The summed E-state index contributed by atoms with van der Waals surface area (Å²) in [5.41, 5.74) is 0. The third-order valence-electron chi connectivity index (χ3n) is 2.03. The Morgan fingerprint density at radius 2 is 2.13 bits per heavy atom. The molecule has 0 aliphatic carbocycles. The zero-order chi connectivity index (χ0) is 11.6. The van der Waals surface area contributed by atoms with E-state index in [0.717, 1.165) is 10.7 Å². The van der Waals surface area contributed by atoms with Crippen LogP contribution in [0.1, 0.15) is 13.8 Å². The Morgan fingerprint density at radius 1 is 1.53 bits per heavy atom. The first-order chi connectivity index (χ1) is 6.80. The molecule has 1 amide bonds. The monoisotopic (exact) mass is 236 g/mol. The molecule has 0 radical (unpaired) electrons. The van der Waals surface area contributed by atoms with E-state index < -0.39 is 10.0 Å². The van der Waals surface area contributed by atoms with Gasteiger partial charge in [0.1, 0.15) is 0 Å². The maximum atomic E-state index is 11.3. The summed E-state index contributed by atoms with van der Waals surface area (Å²) in [6.45, 7) is 3.93. The van der Waals surface area contributed by atoms with Crippen molar-refractivity contribution in [3.05, 3.63) is 0 Å². The van der Waals surface area contributed by atoms with Gasteiger partial charge in [0.25, 0.3) is 0 Å². The second-order valence-electron chi connectivity index (χ2n) is 3.90. The molecular formula is C8H16N2O4S. The van der Waals surface area contributed by atoms with Crippen LogP contribution in [0.4, 0.5) is 0 Å². The van der Waals surface area contributed by atoms with E-state index in [9.17, 15) is 13.2 Å². The van der Waals surface area contributed by atoms with Crippen LogP contribution in [0.25, 0.3) is 0 Å². The first-order valence-corrected chi connectivity index (χ1v) is 6.56. The van der Waals surface area contributed by atoms with Gasteiger partial charge >= 0.3 is 0 Å². The van der Waals surface area contributed by atoms with Gasteiger partial charge in [-0.1, -0.05) is 18.3 Å². The van der Waals surface area contributed by atoms with Gasteiger partial charge in [-0.15, -0.1) is 0 Å². The molecule has 1 aliphatic rings. The smallest absolute Gasteiger partial charge is 0.233 e. The van der Waals surface area contributed by atoms with E-state index in [-0.39, 0.29) is 31.0 Å². The topological polar surface area (TPSA) is 75.7 Å². The first-order valence-electron chi connectivity index (χ1n) is 4.71. The molecule has 1 atom stereocenters. The fourth-order valence-corrected chi connectivity index (χ4v) is 1.85. The van der Waals surface area contributed by atoms with Crippen molar-refractivity contribution in [2.75, 3.05) is 19.4 Å². The maximum absolute atomic E-state index is 11.3. The number of hydroxylamine groups is 1. The maximum Gasteiger partial charge on any atom is 0.233 e. The third-order valence-corrected chi connectivity index (χ3v) is 3.02. The second-order valence-corrected chi connectivity index (χ2v) is 5.78. The third kappa shape index (κ3) is 3.44. The van der Waals surface area contributed by atoms with Crippen LogP contribution in [0, 0.1) is 5.92 Å². The molecule has 0 aromatic carbocycles. The van der Waals surface area contributed by atoms with Gasteiger partial charge in [-0.2, -0.15) is 0 Å². The van der Waals surface area contributed by atoms with E-state index >= 15 is 0 Å². The molecule has 15 heavy (non-hydrogen) atoms. The summed E-state index contributed by atoms with van der Waals surface area (Å²) in [7, 11) is -3.33. The summed E-state index contributed by atoms with van der Waals surface area (Å²) in [5.74, 6) is -0.212. The lowest BCUT2D eigenvalue weighted by Gasteiger charge is -2.13. The summed E-state index contributed by atoms with van der Waals surface area (Å²) in [6, 6.07) is -0.255. The van der Waals surface area contributed by atoms with Crippen molar-refractivity contribution < 1.29 is 18.0 Å². The average molecular weight is 236 g/mol. The van der Waals surface area contributed by atoms with Crippen molar-refractivity contribution in [3.63, 3.8) is 0 Å². The van der Waals surface area contributed by atoms with Gasteiger partial charge in [0.2, 0.25) is 15.9 Å². The molecule has 7 heteroatoms. The van der Waals surface area contributed by atoms with Crippen LogP contribution in [-0.4, -0.2) is 44.2 Å². The summed E-state index contributed by atoms with van der Waals surface area (Å²) in [4.78, 5) is 16.3. The number of carbonyl (C=O) groups is 1. The quantitative estimate of drug-likeness (QED) is 0.705. The number of hydrogen-bond acceptors (Lipinski definition) is 4. The van der Waals surface area contributed by atoms with Gasteiger partial charge in [0.05, 0.1) is 25.4 Å². The van der Waals surface area contributed by atoms with Crippen molar-refractivity contribution in [1.82, 2.24) is 9.79 Å². The fraction of sp³-hybridized carbons (Fsp3) is 0.875. The molecule has 1 N–H and O–H groups in total. The molecule has 1 saturated heterocycles. The summed E-state index contributed by atoms with van der Waals surface area (Å²) >= 11 is 0. The number of sulfonamides is 1. The van der Waals surface area contributed by atoms with Gasteiger partial charge in [-0.3, -0.25) is 9.63 Å². The molecule has 6 nitrogen and oxygen atoms in total. The predicted molar refractivity (Wildman–Crippen MR) is 54.3 cm³/mol. The van der Waals surface area contributed by atoms with Crippen molar-refractivity contribution in [3.8, 4) is 0 Å². The highest BCUT2D eigenvalue weighted by atomic mass is 32.2. The van der Waals surface area contributed by atoms with Gasteiger partial charge < -0.3 is 5.32 Å². The number of amides is 1. The van der Waals surface area contributed by atoms with E-state index in [1.54, 1.807) is 13.8 Å². The molecular weight excluding hydrogens is 220 g/mol. The molecule has 0 aromatic rings. The number of rotatable bonds is 3. The Hall–Kier alpha value is -0.660. The number of hydrogen-bond donors (Lipinski definition) is 1. The Bertz CT molecular complexity index is 339. The molecule has 1 fully saturated rings. The SMILES string of the molecule is CC(C)C(=O)N[C@@H]1CON(S(C)(=O)=O)C1. The normalized spacial score (nSPS) is 23.3. The van der Waals surface area contributed by atoms with E-state index in [0.29, 0.717) is 0 Å².